The normalized spacial score (nSPS) is 11.4. The molecule has 0 atom stereocenters. The molecule has 0 fully saturated rings. The van der Waals surface area contributed by atoms with Gasteiger partial charge in [0, 0.05) is 27.6 Å². The van der Waals surface area contributed by atoms with Crippen molar-refractivity contribution in [2.45, 2.75) is 0 Å². The van der Waals surface area contributed by atoms with Gasteiger partial charge in [0.05, 0.1) is 11.2 Å². The van der Waals surface area contributed by atoms with Crippen LogP contribution < -0.4 is 0 Å². The topological polar surface area (TPSA) is 59.4 Å². The lowest BCUT2D eigenvalue weighted by Gasteiger charge is -2.11. The third-order valence-corrected chi connectivity index (χ3v) is 5.92. The van der Waals surface area contributed by atoms with Crippen molar-refractivity contribution in [3.8, 4) is 28.3 Å². The van der Waals surface area contributed by atoms with Crippen molar-refractivity contribution in [3.63, 3.8) is 0 Å². The number of tetrazole rings is 1. The van der Waals surface area contributed by atoms with Crippen LogP contribution in [0, 0.1) is 0 Å². The highest BCUT2D eigenvalue weighted by Gasteiger charge is 2.15. The SMILES string of the molecule is c1cc(-c2nn[nH]n2)cc(-n2c(-c3ccsc3)cc3c4ccccc4ccc32)c1. The molecule has 6 heteroatoms. The van der Waals surface area contributed by atoms with Crippen molar-refractivity contribution in [2.24, 2.45) is 0 Å². The molecule has 29 heavy (non-hydrogen) atoms. The molecule has 0 amide bonds. The fraction of sp³-hybridized carbons (Fsp3) is 0. The summed E-state index contributed by atoms with van der Waals surface area (Å²) in [5.74, 6) is 0.589. The molecule has 0 spiro atoms. The molecule has 5 nitrogen and oxygen atoms in total. The van der Waals surface area contributed by atoms with Gasteiger partial charge in [-0.05, 0) is 51.7 Å². The van der Waals surface area contributed by atoms with Crippen LogP contribution in [0.5, 0.6) is 0 Å². The Hall–Kier alpha value is -3.77. The van der Waals surface area contributed by atoms with Crippen LogP contribution in [0.4, 0.5) is 0 Å². The van der Waals surface area contributed by atoms with Gasteiger partial charge >= 0.3 is 0 Å². The van der Waals surface area contributed by atoms with Gasteiger partial charge in [0.2, 0.25) is 5.82 Å². The van der Waals surface area contributed by atoms with Gasteiger partial charge < -0.3 is 4.57 Å². The number of fused-ring (bicyclic) bond motifs is 3. The summed E-state index contributed by atoms with van der Waals surface area (Å²) in [6.07, 6.45) is 0. The maximum Gasteiger partial charge on any atom is 0.204 e. The number of aromatic nitrogens is 5. The van der Waals surface area contributed by atoms with E-state index < -0.39 is 0 Å². The third-order valence-electron chi connectivity index (χ3n) is 5.24. The van der Waals surface area contributed by atoms with E-state index in [9.17, 15) is 0 Å². The smallest absolute Gasteiger partial charge is 0.204 e. The number of hydrogen-bond acceptors (Lipinski definition) is 4. The Morgan fingerprint density at radius 2 is 1.79 bits per heavy atom. The molecule has 0 radical (unpaired) electrons. The largest absolute Gasteiger partial charge is 0.309 e. The summed E-state index contributed by atoms with van der Waals surface area (Å²) >= 11 is 1.71. The zero-order chi connectivity index (χ0) is 19.2. The van der Waals surface area contributed by atoms with Gasteiger partial charge in [0.15, 0.2) is 0 Å². The van der Waals surface area contributed by atoms with E-state index in [-0.39, 0.29) is 0 Å². The predicted molar refractivity (Wildman–Crippen MR) is 117 cm³/mol. The summed E-state index contributed by atoms with van der Waals surface area (Å²) in [6, 6.07) is 25.6. The Kier molecular flexibility index (Phi) is 3.57. The fourth-order valence-corrected chi connectivity index (χ4v) is 4.58. The van der Waals surface area contributed by atoms with E-state index in [1.807, 2.05) is 12.1 Å². The Bertz CT molecular complexity index is 1450. The van der Waals surface area contributed by atoms with E-state index in [1.54, 1.807) is 11.3 Å². The molecule has 0 saturated carbocycles. The van der Waals surface area contributed by atoms with Crippen molar-refractivity contribution in [1.82, 2.24) is 25.2 Å². The summed E-state index contributed by atoms with van der Waals surface area (Å²) < 4.78 is 2.31. The number of aromatic amines is 1. The first kappa shape index (κ1) is 16.2. The molecule has 138 valence electrons. The number of benzene rings is 3. The molecule has 6 aromatic rings. The van der Waals surface area contributed by atoms with Crippen molar-refractivity contribution < 1.29 is 0 Å². The number of rotatable bonds is 3. The maximum atomic E-state index is 4.13. The van der Waals surface area contributed by atoms with Crippen LogP contribution in [-0.4, -0.2) is 25.2 Å². The van der Waals surface area contributed by atoms with Crippen LogP contribution in [0.2, 0.25) is 0 Å². The molecule has 1 N–H and O–H groups in total. The van der Waals surface area contributed by atoms with Crippen LogP contribution in [0.1, 0.15) is 0 Å². The van der Waals surface area contributed by atoms with Gasteiger partial charge in [-0.2, -0.15) is 16.6 Å². The van der Waals surface area contributed by atoms with Crippen molar-refractivity contribution in [2.75, 3.05) is 0 Å². The van der Waals surface area contributed by atoms with E-state index in [2.05, 4.69) is 96.6 Å². The highest BCUT2D eigenvalue weighted by atomic mass is 32.1. The van der Waals surface area contributed by atoms with Gasteiger partial charge in [0.25, 0.3) is 0 Å². The Morgan fingerprint density at radius 1 is 0.828 bits per heavy atom. The quantitative estimate of drug-likeness (QED) is 0.420. The third kappa shape index (κ3) is 2.57. The van der Waals surface area contributed by atoms with E-state index in [0.29, 0.717) is 5.82 Å². The lowest BCUT2D eigenvalue weighted by Crippen LogP contribution is -1.97. The van der Waals surface area contributed by atoms with E-state index >= 15 is 0 Å². The van der Waals surface area contributed by atoms with Gasteiger partial charge in [-0.3, -0.25) is 0 Å². The Morgan fingerprint density at radius 3 is 2.66 bits per heavy atom. The zero-order valence-corrected chi connectivity index (χ0v) is 16.1. The first-order chi connectivity index (χ1) is 14.4. The average Bonchev–Trinajstić information content (AvgIpc) is 3.54. The van der Waals surface area contributed by atoms with Crippen molar-refractivity contribution >= 4 is 33.0 Å². The minimum atomic E-state index is 0.589. The highest BCUT2D eigenvalue weighted by molar-refractivity contribution is 7.08. The van der Waals surface area contributed by atoms with Crippen LogP contribution in [0.25, 0.3) is 50.0 Å². The minimum Gasteiger partial charge on any atom is -0.309 e. The number of thiophene rings is 1. The fourth-order valence-electron chi connectivity index (χ4n) is 3.93. The second kappa shape index (κ2) is 6.39. The monoisotopic (exact) mass is 393 g/mol. The van der Waals surface area contributed by atoms with Crippen LogP contribution in [0.3, 0.4) is 0 Å². The molecule has 0 bridgehead atoms. The Labute approximate surface area is 170 Å². The van der Waals surface area contributed by atoms with Gasteiger partial charge in [-0.1, -0.05) is 42.5 Å². The Balaban J connectivity index is 1.68. The number of H-pyrrole nitrogens is 1. The van der Waals surface area contributed by atoms with Crippen LogP contribution in [-0.2, 0) is 0 Å². The minimum absolute atomic E-state index is 0.589. The summed E-state index contributed by atoms with van der Waals surface area (Å²) in [6.45, 7) is 0. The average molecular weight is 393 g/mol. The molecule has 0 unspecified atom stereocenters. The van der Waals surface area contributed by atoms with Gasteiger partial charge in [-0.25, -0.2) is 0 Å². The molecule has 3 heterocycles. The molecular formula is C23H15N5S. The van der Waals surface area contributed by atoms with E-state index in [1.165, 1.54) is 32.9 Å². The van der Waals surface area contributed by atoms with Gasteiger partial charge in [-0.15, -0.1) is 10.2 Å². The molecule has 0 saturated heterocycles. The van der Waals surface area contributed by atoms with Crippen LogP contribution in [0.15, 0.2) is 83.6 Å². The number of hydrogen-bond donors (Lipinski definition) is 1. The summed E-state index contributed by atoms with van der Waals surface area (Å²) in [7, 11) is 0. The molecule has 0 aliphatic heterocycles. The number of nitrogens with one attached hydrogen (secondary N) is 1. The summed E-state index contributed by atoms with van der Waals surface area (Å²) in [5, 5.41) is 22.5. The lowest BCUT2D eigenvalue weighted by atomic mass is 10.1. The summed E-state index contributed by atoms with van der Waals surface area (Å²) in [5.41, 5.74) is 5.55. The molecule has 0 aliphatic carbocycles. The number of nitrogens with zero attached hydrogens (tertiary/aromatic N) is 4. The zero-order valence-electron chi connectivity index (χ0n) is 15.3. The molecule has 3 aromatic carbocycles. The van der Waals surface area contributed by atoms with Crippen molar-refractivity contribution in [3.05, 3.63) is 83.6 Å². The molecule has 0 aliphatic rings. The molecular weight excluding hydrogens is 378 g/mol. The molecule has 3 aromatic heterocycles. The first-order valence-corrected chi connectivity index (χ1v) is 10.2. The second-order valence-electron chi connectivity index (χ2n) is 6.88. The first-order valence-electron chi connectivity index (χ1n) is 9.28. The highest BCUT2D eigenvalue weighted by Crippen LogP contribution is 2.36. The predicted octanol–water partition coefficient (Wildman–Crippen LogP) is 5.69. The molecule has 6 rings (SSSR count). The lowest BCUT2D eigenvalue weighted by molar-refractivity contribution is 0.881. The van der Waals surface area contributed by atoms with E-state index in [0.717, 1.165) is 11.3 Å². The van der Waals surface area contributed by atoms with Crippen molar-refractivity contribution in [1.29, 1.82) is 0 Å². The van der Waals surface area contributed by atoms with Crippen LogP contribution >= 0.6 is 11.3 Å². The maximum absolute atomic E-state index is 4.13. The summed E-state index contributed by atoms with van der Waals surface area (Å²) in [4.78, 5) is 0. The standard InChI is InChI=1S/C23H15N5S/c1-2-7-19-15(4-1)8-9-21-20(19)13-22(17-10-11-29-14-17)28(21)18-6-3-5-16(12-18)23-24-26-27-25-23/h1-14H,(H,24,25,26,27). The van der Waals surface area contributed by atoms with E-state index in [4.69, 9.17) is 0 Å². The van der Waals surface area contributed by atoms with Gasteiger partial charge in [0.1, 0.15) is 0 Å². The second-order valence-corrected chi connectivity index (χ2v) is 7.66.